The molecule has 1 heterocycles. The van der Waals surface area contributed by atoms with Crippen molar-refractivity contribution in [2.75, 3.05) is 11.5 Å². The first-order valence-electron chi connectivity index (χ1n) is 6.77. The predicted octanol–water partition coefficient (Wildman–Crippen LogP) is 3.36. The highest BCUT2D eigenvalue weighted by atomic mass is 32.2. The summed E-state index contributed by atoms with van der Waals surface area (Å²) >= 11 is 4.13. The van der Waals surface area contributed by atoms with Crippen LogP contribution in [0.2, 0.25) is 0 Å². The highest BCUT2D eigenvalue weighted by molar-refractivity contribution is 8.07. The van der Waals surface area contributed by atoms with Crippen molar-refractivity contribution in [3.63, 3.8) is 0 Å². The molecule has 1 fully saturated rings. The van der Waals surface area contributed by atoms with Gasteiger partial charge in [0.25, 0.3) is 0 Å². The van der Waals surface area contributed by atoms with Gasteiger partial charge in [-0.2, -0.15) is 23.5 Å². The summed E-state index contributed by atoms with van der Waals surface area (Å²) in [5.74, 6) is 2.53. The van der Waals surface area contributed by atoms with Gasteiger partial charge in [-0.1, -0.05) is 38.1 Å². The number of aryl methyl sites for hydroxylation is 1. The van der Waals surface area contributed by atoms with Gasteiger partial charge in [0.05, 0.1) is 0 Å². The van der Waals surface area contributed by atoms with E-state index in [1.165, 1.54) is 22.6 Å². The largest absolute Gasteiger partial charge is 0.326 e. The Balaban J connectivity index is 1.94. The van der Waals surface area contributed by atoms with Crippen molar-refractivity contribution in [3.05, 3.63) is 35.4 Å². The first-order chi connectivity index (χ1) is 8.70. The molecule has 0 radical (unpaired) electrons. The van der Waals surface area contributed by atoms with Gasteiger partial charge in [-0.05, 0) is 24.0 Å². The average Bonchev–Trinajstić information content (AvgIpc) is 2.40. The van der Waals surface area contributed by atoms with E-state index in [0.717, 1.165) is 12.8 Å². The standard InChI is InChI=1S/C15H23NS2/c1-3-12-4-6-13(7-5-12)10-14(16)15-11(2)17-8-9-18-15/h4-7,11,14-15H,3,8-10,16H2,1-2H3. The maximum absolute atomic E-state index is 6.41. The minimum absolute atomic E-state index is 0.283. The second kappa shape index (κ2) is 6.88. The number of hydrogen-bond acceptors (Lipinski definition) is 3. The first-order valence-corrected chi connectivity index (χ1v) is 8.87. The molecule has 2 rings (SSSR count). The fourth-order valence-corrected chi connectivity index (χ4v) is 5.31. The highest BCUT2D eigenvalue weighted by Crippen LogP contribution is 2.33. The van der Waals surface area contributed by atoms with Gasteiger partial charge in [0, 0.05) is 28.0 Å². The zero-order valence-corrected chi connectivity index (χ0v) is 12.9. The van der Waals surface area contributed by atoms with E-state index in [4.69, 9.17) is 5.73 Å². The molecular weight excluding hydrogens is 258 g/mol. The van der Waals surface area contributed by atoms with Crippen molar-refractivity contribution >= 4 is 23.5 Å². The van der Waals surface area contributed by atoms with Crippen LogP contribution in [0.3, 0.4) is 0 Å². The molecule has 0 spiro atoms. The summed E-state index contributed by atoms with van der Waals surface area (Å²) in [7, 11) is 0. The Morgan fingerprint density at radius 1 is 1.17 bits per heavy atom. The Hall–Kier alpha value is -0.120. The number of nitrogens with two attached hydrogens (primary N) is 1. The predicted molar refractivity (Wildman–Crippen MR) is 85.7 cm³/mol. The lowest BCUT2D eigenvalue weighted by Crippen LogP contribution is -2.42. The summed E-state index contributed by atoms with van der Waals surface area (Å²) < 4.78 is 0. The van der Waals surface area contributed by atoms with Gasteiger partial charge in [-0.15, -0.1) is 0 Å². The van der Waals surface area contributed by atoms with Gasteiger partial charge in [-0.25, -0.2) is 0 Å². The third kappa shape index (κ3) is 3.69. The first kappa shape index (κ1) is 14.3. The molecule has 3 unspecified atom stereocenters. The molecule has 3 heteroatoms. The molecule has 0 aromatic heterocycles. The fourth-order valence-electron chi connectivity index (χ4n) is 2.42. The maximum atomic E-state index is 6.41. The van der Waals surface area contributed by atoms with Gasteiger partial charge < -0.3 is 5.73 Å². The van der Waals surface area contributed by atoms with Crippen LogP contribution in [0.25, 0.3) is 0 Å². The Labute approximate surface area is 119 Å². The number of thioether (sulfide) groups is 2. The van der Waals surface area contributed by atoms with E-state index in [-0.39, 0.29) is 6.04 Å². The van der Waals surface area contributed by atoms with Gasteiger partial charge in [0.1, 0.15) is 0 Å². The summed E-state index contributed by atoms with van der Waals surface area (Å²) in [6.45, 7) is 4.51. The van der Waals surface area contributed by atoms with E-state index < -0.39 is 0 Å². The van der Waals surface area contributed by atoms with Crippen molar-refractivity contribution in [3.8, 4) is 0 Å². The molecule has 100 valence electrons. The summed E-state index contributed by atoms with van der Waals surface area (Å²) in [5, 5.41) is 1.29. The van der Waals surface area contributed by atoms with Crippen LogP contribution in [-0.4, -0.2) is 28.0 Å². The van der Waals surface area contributed by atoms with E-state index >= 15 is 0 Å². The molecule has 0 saturated carbocycles. The quantitative estimate of drug-likeness (QED) is 0.916. The van der Waals surface area contributed by atoms with Crippen LogP contribution in [0.4, 0.5) is 0 Å². The molecule has 1 aliphatic rings. The molecule has 3 atom stereocenters. The summed E-state index contributed by atoms with van der Waals surface area (Å²) in [6, 6.07) is 9.22. The summed E-state index contributed by atoms with van der Waals surface area (Å²) in [5.41, 5.74) is 9.19. The SMILES string of the molecule is CCc1ccc(CC(N)C2SCCSC2C)cc1. The second-order valence-corrected chi connectivity index (χ2v) is 7.72. The molecule has 0 bridgehead atoms. The Bertz CT molecular complexity index is 363. The maximum Gasteiger partial charge on any atom is 0.0318 e. The van der Waals surface area contributed by atoms with E-state index in [9.17, 15) is 0 Å². The average molecular weight is 281 g/mol. The molecule has 1 aromatic carbocycles. The van der Waals surface area contributed by atoms with Gasteiger partial charge in [-0.3, -0.25) is 0 Å². The Morgan fingerprint density at radius 2 is 1.78 bits per heavy atom. The van der Waals surface area contributed by atoms with Crippen molar-refractivity contribution in [1.29, 1.82) is 0 Å². The summed E-state index contributed by atoms with van der Waals surface area (Å²) in [4.78, 5) is 0. The number of rotatable bonds is 4. The van der Waals surface area contributed by atoms with Crippen molar-refractivity contribution in [2.24, 2.45) is 5.73 Å². The highest BCUT2D eigenvalue weighted by Gasteiger charge is 2.27. The lowest BCUT2D eigenvalue weighted by molar-refractivity contribution is 0.622. The van der Waals surface area contributed by atoms with Crippen molar-refractivity contribution in [2.45, 2.75) is 43.2 Å². The van der Waals surface area contributed by atoms with Crippen LogP contribution in [0.15, 0.2) is 24.3 Å². The van der Waals surface area contributed by atoms with Crippen LogP contribution < -0.4 is 5.73 Å². The molecule has 0 aliphatic carbocycles. The smallest absolute Gasteiger partial charge is 0.0318 e. The van der Waals surface area contributed by atoms with Crippen LogP contribution in [0, 0.1) is 0 Å². The second-order valence-electron chi connectivity index (χ2n) is 4.95. The molecule has 0 amide bonds. The molecule has 2 N–H and O–H groups in total. The molecule has 1 saturated heterocycles. The topological polar surface area (TPSA) is 26.0 Å². The lowest BCUT2D eigenvalue weighted by atomic mass is 10.0. The molecule has 18 heavy (non-hydrogen) atoms. The lowest BCUT2D eigenvalue weighted by Gasteiger charge is -2.32. The number of benzene rings is 1. The van der Waals surface area contributed by atoms with E-state index in [1.807, 2.05) is 0 Å². The normalized spacial score (nSPS) is 25.9. The number of hydrogen-bond donors (Lipinski definition) is 1. The molecule has 1 aromatic rings. The van der Waals surface area contributed by atoms with Crippen LogP contribution in [0.5, 0.6) is 0 Å². The van der Waals surface area contributed by atoms with E-state index in [0.29, 0.717) is 10.5 Å². The van der Waals surface area contributed by atoms with E-state index in [2.05, 4.69) is 61.6 Å². The molecule has 1 aliphatic heterocycles. The minimum atomic E-state index is 0.283. The Kier molecular flexibility index (Phi) is 5.46. The van der Waals surface area contributed by atoms with Crippen LogP contribution in [0.1, 0.15) is 25.0 Å². The van der Waals surface area contributed by atoms with Gasteiger partial charge >= 0.3 is 0 Å². The van der Waals surface area contributed by atoms with Crippen molar-refractivity contribution < 1.29 is 0 Å². The van der Waals surface area contributed by atoms with Gasteiger partial charge in [0.2, 0.25) is 0 Å². The fraction of sp³-hybridized carbons (Fsp3) is 0.600. The third-order valence-corrected chi connectivity index (χ3v) is 6.83. The van der Waals surface area contributed by atoms with Gasteiger partial charge in [0.15, 0.2) is 0 Å². The van der Waals surface area contributed by atoms with Crippen molar-refractivity contribution in [1.82, 2.24) is 0 Å². The monoisotopic (exact) mass is 281 g/mol. The minimum Gasteiger partial charge on any atom is -0.326 e. The Morgan fingerprint density at radius 3 is 2.39 bits per heavy atom. The molecular formula is C15H23NS2. The zero-order valence-electron chi connectivity index (χ0n) is 11.3. The van der Waals surface area contributed by atoms with Crippen LogP contribution in [-0.2, 0) is 12.8 Å². The third-order valence-electron chi connectivity index (χ3n) is 3.56. The zero-order chi connectivity index (χ0) is 13.0. The summed E-state index contributed by atoms with van der Waals surface area (Å²) in [6.07, 6.45) is 2.12. The molecule has 1 nitrogen and oxygen atoms in total. The van der Waals surface area contributed by atoms with Crippen LogP contribution >= 0.6 is 23.5 Å². The van der Waals surface area contributed by atoms with E-state index in [1.54, 1.807) is 0 Å².